The van der Waals surface area contributed by atoms with E-state index in [0.29, 0.717) is 17.4 Å². The van der Waals surface area contributed by atoms with Crippen molar-refractivity contribution in [1.29, 1.82) is 0 Å². The van der Waals surface area contributed by atoms with Crippen LogP contribution < -0.4 is 10.2 Å². The Morgan fingerprint density at radius 3 is 0.988 bits per heavy atom. The van der Waals surface area contributed by atoms with Crippen LogP contribution in [0.5, 0.6) is 0 Å². The molecule has 0 fully saturated rings. The summed E-state index contributed by atoms with van der Waals surface area (Å²) in [6.07, 6.45) is 86.8. The fraction of sp³-hybridized carbons (Fsp3) is 0.877. The van der Waals surface area contributed by atoms with Crippen LogP contribution in [0.25, 0.3) is 0 Å². The largest absolute Gasteiger partial charge is 0.756 e. The standard InChI is InChI=1S/C73H141N2O6P/c1-6-8-10-12-14-16-18-20-22-24-26-28-30-32-34-35-36-37-38-39-41-43-45-47-49-51-53-55-57-59-61-63-65-67-73(77)74-71(70-81-82(78,79)80-69-68-75(3,4)5)72(76)66-64-62-60-58-56-54-52-50-48-46-44-42-40-33-31-29-27-25-23-21-19-17-15-13-11-9-7-2/h24,26,48,50,56,58,64,66,71-72,76H,6-23,25,27-47,49,51-55,57,59-63,65,67-70H2,1-5H3,(H-,74,77,78,79)/b26-24-,50-48+,58-56+,66-64+. The fourth-order valence-corrected chi connectivity index (χ4v) is 11.6. The van der Waals surface area contributed by atoms with Crippen LogP contribution in [0.1, 0.15) is 361 Å². The van der Waals surface area contributed by atoms with Gasteiger partial charge < -0.3 is 28.8 Å². The van der Waals surface area contributed by atoms with Crippen LogP contribution in [0, 0.1) is 0 Å². The van der Waals surface area contributed by atoms with Gasteiger partial charge >= 0.3 is 0 Å². The minimum absolute atomic E-state index is 0.00799. The van der Waals surface area contributed by atoms with Gasteiger partial charge in [0.25, 0.3) is 7.82 Å². The summed E-state index contributed by atoms with van der Waals surface area (Å²) in [5, 5.41) is 13.9. The van der Waals surface area contributed by atoms with Gasteiger partial charge in [0, 0.05) is 6.42 Å². The van der Waals surface area contributed by atoms with Crippen molar-refractivity contribution in [2.75, 3.05) is 40.9 Å². The summed E-state index contributed by atoms with van der Waals surface area (Å²) >= 11 is 0. The van der Waals surface area contributed by atoms with Gasteiger partial charge in [-0.1, -0.05) is 332 Å². The first kappa shape index (κ1) is 80.5. The first-order valence-corrected chi connectivity index (χ1v) is 37.5. The van der Waals surface area contributed by atoms with Crippen molar-refractivity contribution in [3.63, 3.8) is 0 Å². The van der Waals surface area contributed by atoms with E-state index in [9.17, 15) is 19.4 Å². The number of phosphoric acid groups is 1. The zero-order valence-electron chi connectivity index (χ0n) is 55.5. The SMILES string of the molecule is CCCCCCCCCC/C=C\CCCCCCCCCCCCCCCCCCCCCCCC(=O)NC(COP(=O)([O-])OCC[N+](C)(C)C)C(O)/C=C/CC/C=C/CC/C=C/CCCCCCCCCCCCCCCCCCC. The molecule has 9 heteroatoms. The molecule has 0 aliphatic rings. The van der Waals surface area contributed by atoms with Crippen LogP contribution in [-0.4, -0.2) is 68.5 Å². The van der Waals surface area contributed by atoms with Crippen LogP contribution in [-0.2, 0) is 18.4 Å². The first-order valence-electron chi connectivity index (χ1n) is 36.0. The number of carbonyl (C=O) groups excluding carboxylic acids is 1. The predicted molar refractivity (Wildman–Crippen MR) is 358 cm³/mol. The van der Waals surface area contributed by atoms with Crippen LogP contribution in [0.15, 0.2) is 48.6 Å². The number of quaternary nitrogens is 1. The number of rotatable bonds is 67. The Morgan fingerprint density at radius 1 is 0.415 bits per heavy atom. The molecule has 484 valence electrons. The average molecular weight is 1170 g/mol. The second-order valence-corrected chi connectivity index (χ2v) is 27.3. The highest BCUT2D eigenvalue weighted by molar-refractivity contribution is 7.45. The number of phosphoric ester groups is 1. The lowest BCUT2D eigenvalue weighted by Crippen LogP contribution is -2.45. The number of unbranched alkanes of at least 4 members (excludes halogenated alkanes) is 48. The molecule has 3 atom stereocenters. The third-order valence-corrected chi connectivity index (χ3v) is 17.5. The molecule has 3 unspecified atom stereocenters. The maximum absolute atomic E-state index is 13.0. The van der Waals surface area contributed by atoms with Crippen molar-refractivity contribution in [3.8, 4) is 0 Å². The van der Waals surface area contributed by atoms with E-state index >= 15 is 0 Å². The van der Waals surface area contributed by atoms with E-state index in [2.05, 4.69) is 55.6 Å². The van der Waals surface area contributed by atoms with Gasteiger partial charge in [-0.3, -0.25) is 9.36 Å². The maximum Gasteiger partial charge on any atom is 0.268 e. The number of aliphatic hydroxyl groups is 1. The first-order chi connectivity index (χ1) is 40.0. The highest BCUT2D eigenvalue weighted by Crippen LogP contribution is 2.38. The molecule has 0 spiro atoms. The van der Waals surface area contributed by atoms with Gasteiger partial charge in [-0.25, -0.2) is 0 Å². The van der Waals surface area contributed by atoms with Crippen LogP contribution in [0.4, 0.5) is 0 Å². The molecule has 0 radical (unpaired) electrons. The number of nitrogens with zero attached hydrogens (tertiary/aromatic N) is 1. The molecule has 0 aromatic heterocycles. The van der Waals surface area contributed by atoms with Crippen molar-refractivity contribution in [3.05, 3.63) is 48.6 Å². The second-order valence-electron chi connectivity index (χ2n) is 25.9. The predicted octanol–water partition coefficient (Wildman–Crippen LogP) is 22.4. The summed E-state index contributed by atoms with van der Waals surface area (Å²) in [7, 11) is 1.25. The Hall–Kier alpha value is -1.54. The van der Waals surface area contributed by atoms with Crippen molar-refractivity contribution in [1.82, 2.24) is 5.32 Å². The number of allylic oxidation sites excluding steroid dienone is 7. The van der Waals surface area contributed by atoms with Gasteiger partial charge in [0.2, 0.25) is 5.91 Å². The topological polar surface area (TPSA) is 108 Å². The van der Waals surface area contributed by atoms with Crippen molar-refractivity contribution >= 4 is 13.7 Å². The quantitative estimate of drug-likeness (QED) is 0.0272. The van der Waals surface area contributed by atoms with Gasteiger partial charge in [0.1, 0.15) is 13.2 Å². The highest BCUT2D eigenvalue weighted by atomic mass is 31.2. The van der Waals surface area contributed by atoms with Gasteiger partial charge in [-0.05, 0) is 70.6 Å². The normalized spacial score (nSPS) is 13.9. The van der Waals surface area contributed by atoms with E-state index in [1.54, 1.807) is 6.08 Å². The number of nitrogens with one attached hydrogen (secondary N) is 1. The molecule has 8 nitrogen and oxygen atoms in total. The number of likely N-dealkylation sites (N-methyl/N-ethyl adjacent to an activating group) is 1. The van der Waals surface area contributed by atoms with Crippen molar-refractivity contribution < 1.29 is 32.9 Å². The van der Waals surface area contributed by atoms with Crippen molar-refractivity contribution in [2.24, 2.45) is 0 Å². The Kier molecular flexibility index (Phi) is 62.7. The molecule has 0 aromatic rings. The van der Waals surface area contributed by atoms with Gasteiger partial charge in [0.05, 0.1) is 39.9 Å². The zero-order chi connectivity index (χ0) is 59.8. The summed E-state index contributed by atoms with van der Waals surface area (Å²) < 4.78 is 23.4. The number of hydrogen-bond donors (Lipinski definition) is 2. The Labute approximate surface area is 511 Å². The molecule has 1 amide bonds. The molecule has 0 aliphatic heterocycles. The number of aliphatic hydroxyl groups excluding tert-OH is 1. The van der Waals surface area contributed by atoms with E-state index in [0.717, 1.165) is 44.9 Å². The summed E-state index contributed by atoms with van der Waals surface area (Å²) in [6, 6.07) is -0.911. The van der Waals surface area contributed by atoms with E-state index in [4.69, 9.17) is 9.05 Å². The lowest BCUT2D eigenvalue weighted by atomic mass is 10.0. The van der Waals surface area contributed by atoms with Gasteiger partial charge in [-0.2, -0.15) is 0 Å². The van der Waals surface area contributed by atoms with E-state index in [-0.39, 0.29) is 12.5 Å². The van der Waals surface area contributed by atoms with Crippen LogP contribution in [0.3, 0.4) is 0 Å². The number of hydrogen-bond acceptors (Lipinski definition) is 6. The molecular weight excluding hydrogens is 1030 g/mol. The molecule has 0 aliphatic carbocycles. The number of amides is 1. The maximum atomic E-state index is 13.0. The Bertz CT molecular complexity index is 1480. The third kappa shape index (κ3) is 66.0. The third-order valence-electron chi connectivity index (χ3n) is 16.5. The van der Waals surface area contributed by atoms with E-state index in [1.807, 2.05) is 27.2 Å². The van der Waals surface area contributed by atoms with E-state index < -0.39 is 26.6 Å². The summed E-state index contributed by atoms with van der Waals surface area (Å²) in [5.41, 5.74) is 0. The zero-order valence-corrected chi connectivity index (χ0v) is 56.4. The summed E-state index contributed by atoms with van der Waals surface area (Å²) in [4.78, 5) is 25.6. The Morgan fingerprint density at radius 2 is 0.683 bits per heavy atom. The number of carbonyl (C=O) groups is 1. The molecule has 0 aromatic carbocycles. The second kappa shape index (κ2) is 63.9. The molecule has 0 rings (SSSR count). The molecule has 2 N–H and O–H groups in total. The smallest absolute Gasteiger partial charge is 0.268 e. The average Bonchev–Trinajstić information content (AvgIpc) is 3.47. The van der Waals surface area contributed by atoms with Crippen molar-refractivity contribution in [2.45, 2.75) is 373 Å². The summed E-state index contributed by atoms with van der Waals surface area (Å²) in [5.74, 6) is -0.205. The summed E-state index contributed by atoms with van der Waals surface area (Å²) in [6.45, 7) is 4.67. The molecule has 0 heterocycles. The molecular formula is C73H141N2O6P. The highest BCUT2D eigenvalue weighted by Gasteiger charge is 2.23. The Balaban J connectivity index is 4.07. The molecule has 0 saturated heterocycles. The molecule has 82 heavy (non-hydrogen) atoms. The van der Waals surface area contributed by atoms with Crippen LogP contribution >= 0.6 is 7.82 Å². The van der Waals surface area contributed by atoms with Gasteiger partial charge in [-0.15, -0.1) is 0 Å². The minimum atomic E-state index is -4.62. The molecule has 0 saturated carbocycles. The van der Waals surface area contributed by atoms with E-state index in [1.165, 1.54) is 295 Å². The fourth-order valence-electron chi connectivity index (χ4n) is 10.9. The minimum Gasteiger partial charge on any atom is -0.756 e. The lowest BCUT2D eigenvalue weighted by molar-refractivity contribution is -0.870. The molecule has 0 bridgehead atoms. The lowest BCUT2D eigenvalue weighted by Gasteiger charge is -2.29. The monoisotopic (exact) mass is 1170 g/mol. The van der Waals surface area contributed by atoms with Gasteiger partial charge in [0.15, 0.2) is 0 Å². The van der Waals surface area contributed by atoms with Crippen LogP contribution in [0.2, 0.25) is 0 Å².